The molecule has 4 amide bonds. The number of rotatable bonds is 8. The molecule has 0 radical (unpaired) electrons. The molecule has 0 unspecified atom stereocenters. The molecule has 2 rings (SSSR count). The van der Waals surface area contributed by atoms with Gasteiger partial charge in [-0.15, -0.1) is 0 Å². The number of nitrogens with one attached hydrogen (secondary N) is 4. The van der Waals surface area contributed by atoms with Gasteiger partial charge in [0.2, 0.25) is 5.91 Å². The van der Waals surface area contributed by atoms with Crippen LogP contribution in [-0.4, -0.2) is 31.1 Å². The Morgan fingerprint density at radius 3 is 2.10 bits per heavy atom. The standard InChI is InChI=1S/C22H28N4O4/c1-4-15(2)19(26-22(29)30-14-16-8-6-5-7-9-16)20(27)24-17-10-12-18(13-11-17)25-21(28)23-3/h5-13,15,19H,4,14H2,1-3H3,(H,24,27)(H,26,29)(H2,23,25,28)/t15-,19-/m0/s1. The Morgan fingerprint density at radius 2 is 1.53 bits per heavy atom. The van der Waals surface area contributed by atoms with Crippen LogP contribution < -0.4 is 21.3 Å². The van der Waals surface area contributed by atoms with Crippen LogP contribution in [0.15, 0.2) is 54.6 Å². The van der Waals surface area contributed by atoms with Crippen LogP contribution in [0.2, 0.25) is 0 Å². The van der Waals surface area contributed by atoms with Crippen LogP contribution in [-0.2, 0) is 16.1 Å². The molecule has 4 N–H and O–H groups in total. The number of ether oxygens (including phenoxy) is 1. The third kappa shape index (κ3) is 7.12. The van der Waals surface area contributed by atoms with Crippen molar-refractivity contribution in [3.63, 3.8) is 0 Å². The van der Waals surface area contributed by atoms with Crippen LogP contribution in [0.25, 0.3) is 0 Å². The third-order valence-electron chi connectivity index (χ3n) is 4.62. The van der Waals surface area contributed by atoms with Gasteiger partial charge < -0.3 is 26.0 Å². The van der Waals surface area contributed by atoms with Gasteiger partial charge in [-0.2, -0.15) is 0 Å². The van der Waals surface area contributed by atoms with Crippen molar-refractivity contribution in [3.05, 3.63) is 60.2 Å². The van der Waals surface area contributed by atoms with E-state index in [2.05, 4.69) is 21.3 Å². The quantitative estimate of drug-likeness (QED) is 0.530. The van der Waals surface area contributed by atoms with Gasteiger partial charge in [-0.1, -0.05) is 50.6 Å². The largest absolute Gasteiger partial charge is 0.445 e. The van der Waals surface area contributed by atoms with Crippen molar-refractivity contribution in [1.29, 1.82) is 0 Å². The molecule has 8 heteroatoms. The lowest BCUT2D eigenvalue weighted by Gasteiger charge is -2.23. The van der Waals surface area contributed by atoms with E-state index in [9.17, 15) is 14.4 Å². The topological polar surface area (TPSA) is 109 Å². The summed E-state index contributed by atoms with van der Waals surface area (Å²) in [5.74, 6) is -0.434. The van der Waals surface area contributed by atoms with E-state index in [1.54, 1.807) is 24.3 Å². The van der Waals surface area contributed by atoms with Gasteiger partial charge in [0.25, 0.3) is 0 Å². The SMILES string of the molecule is CC[C@H](C)[C@H](NC(=O)OCc1ccccc1)C(=O)Nc1ccc(NC(=O)NC)cc1. The molecular weight excluding hydrogens is 384 g/mol. The molecule has 0 heterocycles. The molecule has 0 aliphatic heterocycles. The first-order chi connectivity index (χ1) is 14.4. The lowest BCUT2D eigenvalue weighted by atomic mass is 9.98. The average Bonchev–Trinajstić information content (AvgIpc) is 2.77. The first-order valence-electron chi connectivity index (χ1n) is 9.79. The number of hydrogen-bond donors (Lipinski definition) is 4. The number of anilines is 2. The zero-order valence-corrected chi connectivity index (χ0v) is 17.4. The highest BCUT2D eigenvalue weighted by molar-refractivity contribution is 5.97. The number of alkyl carbamates (subject to hydrolysis) is 1. The van der Waals surface area contributed by atoms with Gasteiger partial charge in [0.05, 0.1) is 0 Å². The highest BCUT2D eigenvalue weighted by Gasteiger charge is 2.26. The first kappa shape index (κ1) is 22.7. The minimum Gasteiger partial charge on any atom is -0.445 e. The number of hydrogen-bond acceptors (Lipinski definition) is 4. The van der Waals surface area contributed by atoms with Crippen LogP contribution in [0, 0.1) is 5.92 Å². The van der Waals surface area contributed by atoms with Crippen LogP contribution in [0.1, 0.15) is 25.8 Å². The molecule has 8 nitrogen and oxygen atoms in total. The van der Waals surface area contributed by atoms with E-state index < -0.39 is 12.1 Å². The van der Waals surface area contributed by atoms with Gasteiger partial charge in [0.15, 0.2) is 0 Å². The van der Waals surface area contributed by atoms with Gasteiger partial charge in [0.1, 0.15) is 12.6 Å². The normalized spacial score (nSPS) is 12.2. The Bertz CT molecular complexity index is 840. The second kappa shape index (κ2) is 11.5. The first-order valence-corrected chi connectivity index (χ1v) is 9.79. The van der Waals surface area contributed by atoms with Crippen LogP contribution in [0.5, 0.6) is 0 Å². The van der Waals surface area contributed by atoms with Crippen molar-refractivity contribution < 1.29 is 19.1 Å². The van der Waals surface area contributed by atoms with E-state index in [0.29, 0.717) is 17.8 Å². The summed E-state index contributed by atoms with van der Waals surface area (Å²) in [6.45, 7) is 3.96. The monoisotopic (exact) mass is 412 g/mol. The summed E-state index contributed by atoms with van der Waals surface area (Å²) in [6.07, 6.45) is 0.0518. The number of urea groups is 1. The molecule has 0 aliphatic rings. The van der Waals surface area contributed by atoms with Gasteiger partial charge in [0, 0.05) is 18.4 Å². The molecule has 2 atom stereocenters. The lowest BCUT2D eigenvalue weighted by Crippen LogP contribution is -2.47. The molecule has 0 aliphatic carbocycles. The maximum atomic E-state index is 12.8. The van der Waals surface area contributed by atoms with Crippen LogP contribution in [0.4, 0.5) is 21.0 Å². The second-order valence-corrected chi connectivity index (χ2v) is 6.84. The fourth-order valence-electron chi connectivity index (χ4n) is 2.64. The summed E-state index contributed by atoms with van der Waals surface area (Å²) in [5.41, 5.74) is 2.01. The van der Waals surface area contributed by atoms with Crippen LogP contribution in [0.3, 0.4) is 0 Å². The molecule has 0 saturated carbocycles. The van der Waals surface area contributed by atoms with Crippen molar-refractivity contribution in [2.24, 2.45) is 5.92 Å². The summed E-state index contributed by atoms with van der Waals surface area (Å²) in [6, 6.07) is 14.9. The van der Waals surface area contributed by atoms with E-state index in [1.807, 2.05) is 44.2 Å². The summed E-state index contributed by atoms with van der Waals surface area (Å²) in [5, 5.41) is 10.6. The molecule has 160 valence electrons. The maximum Gasteiger partial charge on any atom is 0.408 e. The fourth-order valence-corrected chi connectivity index (χ4v) is 2.64. The Kier molecular flexibility index (Phi) is 8.68. The number of carbonyl (C=O) groups is 3. The summed E-state index contributed by atoms with van der Waals surface area (Å²) >= 11 is 0. The van der Waals surface area contributed by atoms with Crippen LogP contribution >= 0.6 is 0 Å². The van der Waals surface area contributed by atoms with Gasteiger partial charge in [-0.25, -0.2) is 9.59 Å². The molecular formula is C22H28N4O4. The number of benzene rings is 2. The van der Waals surface area contributed by atoms with Gasteiger partial charge >= 0.3 is 12.1 Å². The molecule has 0 bridgehead atoms. The molecule has 2 aromatic carbocycles. The van der Waals surface area contributed by atoms with Crippen molar-refractivity contribution in [1.82, 2.24) is 10.6 Å². The van der Waals surface area contributed by atoms with E-state index in [-0.39, 0.29) is 24.5 Å². The lowest BCUT2D eigenvalue weighted by molar-refractivity contribution is -0.119. The summed E-state index contributed by atoms with van der Waals surface area (Å²) < 4.78 is 5.24. The second-order valence-electron chi connectivity index (χ2n) is 6.84. The zero-order chi connectivity index (χ0) is 21.9. The van der Waals surface area contributed by atoms with Crippen molar-refractivity contribution in [3.8, 4) is 0 Å². The minimum absolute atomic E-state index is 0.0940. The maximum absolute atomic E-state index is 12.8. The Hall–Kier alpha value is -3.55. The van der Waals surface area contributed by atoms with E-state index in [4.69, 9.17) is 4.74 Å². The Balaban J connectivity index is 1.95. The smallest absolute Gasteiger partial charge is 0.408 e. The highest BCUT2D eigenvalue weighted by atomic mass is 16.5. The van der Waals surface area contributed by atoms with Gasteiger partial charge in [-0.3, -0.25) is 4.79 Å². The zero-order valence-electron chi connectivity index (χ0n) is 17.4. The van der Waals surface area contributed by atoms with E-state index in [1.165, 1.54) is 7.05 Å². The highest BCUT2D eigenvalue weighted by Crippen LogP contribution is 2.16. The predicted octanol–water partition coefficient (Wildman–Crippen LogP) is 3.72. The molecule has 30 heavy (non-hydrogen) atoms. The minimum atomic E-state index is -0.748. The third-order valence-corrected chi connectivity index (χ3v) is 4.62. The summed E-state index contributed by atoms with van der Waals surface area (Å²) in [4.78, 5) is 36.3. The number of amides is 4. The Labute approximate surface area is 176 Å². The molecule has 0 spiro atoms. The van der Waals surface area contributed by atoms with E-state index in [0.717, 1.165) is 5.56 Å². The summed E-state index contributed by atoms with van der Waals surface area (Å²) in [7, 11) is 1.52. The average molecular weight is 412 g/mol. The molecule has 0 saturated heterocycles. The number of carbonyl (C=O) groups excluding carboxylic acids is 3. The van der Waals surface area contributed by atoms with Crippen molar-refractivity contribution >= 4 is 29.4 Å². The fraction of sp³-hybridized carbons (Fsp3) is 0.318. The molecule has 0 fully saturated rings. The van der Waals surface area contributed by atoms with E-state index >= 15 is 0 Å². The predicted molar refractivity (Wildman–Crippen MR) is 116 cm³/mol. The molecule has 2 aromatic rings. The van der Waals surface area contributed by atoms with Crippen molar-refractivity contribution in [2.45, 2.75) is 32.9 Å². The van der Waals surface area contributed by atoms with Gasteiger partial charge in [-0.05, 0) is 35.7 Å². The molecule has 0 aromatic heterocycles. The van der Waals surface area contributed by atoms with Crippen molar-refractivity contribution in [2.75, 3.05) is 17.7 Å². The Morgan fingerprint density at radius 1 is 0.933 bits per heavy atom.